The second-order valence-corrected chi connectivity index (χ2v) is 9.77. The molecule has 0 unspecified atom stereocenters. The largest absolute Gasteiger partial charge is 0.497 e. The average Bonchev–Trinajstić information content (AvgIpc) is 3.29. The fourth-order valence-corrected chi connectivity index (χ4v) is 5.25. The van der Waals surface area contributed by atoms with E-state index in [2.05, 4.69) is 5.32 Å². The highest BCUT2D eigenvalue weighted by molar-refractivity contribution is 7.21. The Morgan fingerprint density at radius 2 is 1.59 bits per heavy atom. The number of ether oxygens (including phenoxy) is 2. The van der Waals surface area contributed by atoms with E-state index in [0.29, 0.717) is 21.7 Å². The molecule has 0 bridgehead atoms. The maximum absolute atomic E-state index is 13.4. The fraction of sp³-hybridized carbons (Fsp3) is 0.103. The second kappa shape index (κ2) is 10.4. The lowest BCUT2D eigenvalue weighted by Gasteiger charge is -2.10. The van der Waals surface area contributed by atoms with Gasteiger partial charge in [0.15, 0.2) is 0 Å². The number of nitrogens with one attached hydrogen (secondary N) is 1. The number of aromatic nitrogens is 1. The third-order valence-corrected chi connectivity index (χ3v) is 7.40. The number of nitro benzene ring substituents is 1. The minimum atomic E-state index is -0.580. The second-order valence-electron chi connectivity index (χ2n) is 8.77. The Balaban J connectivity index is 1.64. The van der Waals surface area contributed by atoms with Gasteiger partial charge in [0.05, 0.1) is 36.6 Å². The number of methoxy groups -OCH3 is 2. The Bertz CT molecular complexity index is 1710. The highest BCUT2D eigenvalue weighted by Crippen LogP contribution is 2.42. The van der Waals surface area contributed by atoms with E-state index >= 15 is 0 Å². The predicted octanol–water partition coefficient (Wildman–Crippen LogP) is 6.70. The molecule has 0 fully saturated rings. The standard InChI is InChI=1S/C29H24N4O5S/c1-16-4-6-18(7-5-16)23-15-21(17-8-10-19(37-2)11-9-17)25-26(30)27(39-29(25)32-23)28(34)31-22-13-12-20(38-3)14-24(22)33(35)36/h4-15H,30H2,1-3H3,(H,31,34). The number of aryl methyl sites for hydroxylation is 1. The van der Waals surface area contributed by atoms with Crippen LogP contribution in [0.5, 0.6) is 11.5 Å². The maximum atomic E-state index is 13.4. The molecule has 10 heteroatoms. The van der Waals surface area contributed by atoms with Crippen LogP contribution < -0.4 is 20.5 Å². The third-order valence-electron chi connectivity index (χ3n) is 6.30. The number of pyridine rings is 1. The maximum Gasteiger partial charge on any atom is 0.296 e. The van der Waals surface area contributed by atoms with Crippen molar-refractivity contribution in [2.24, 2.45) is 0 Å². The van der Waals surface area contributed by atoms with Gasteiger partial charge < -0.3 is 20.5 Å². The minimum absolute atomic E-state index is 0.0336. The van der Waals surface area contributed by atoms with E-state index in [9.17, 15) is 14.9 Å². The van der Waals surface area contributed by atoms with Gasteiger partial charge in [0.2, 0.25) is 0 Å². The molecule has 0 saturated heterocycles. The summed E-state index contributed by atoms with van der Waals surface area (Å²) in [5, 5.41) is 14.9. The summed E-state index contributed by atoms with van der Waals surface area (Å²) < 4.78 is 10.4. The lowest BCUT2D eigenvalue weighted by molar-refractivity contribution is -0.384. The van der Waals surface area contributed by atoms with E-state index in [1.165, 1.54) is 25.3 Å². The number of fused-ring (bicyclic) bond motifs is 1. The number of hydrogen-bond donors (Lipinski definition) is 2. The van der Waals surface area contributed by atoms with Crippen LogP contribution in [0, 0.1) is 17.0 Å². The summed E-state index contributed by atoms with van der Waals surface area (Å²) in [6.07, 6.45) is 0. The Morgan fingerprint density at radius 3 is 2.23 bits per heavy atom. The van der Waals surface area contributed by atoms with Crippen molar-refractivity contribution in [3.8, 4) is 33.9 Å². The van der Waals surface area contributed by atoms with Gasteiger partial charge >= 0.3 is 0 Å². The molecule has 1 amide bonds. The van der Waals surface area contributed by atoms with Gasteiger partial charge in [-0.25, -0.2) is 4.98 Å². The van der Waals surface area contributed by atoms with Crippen molar-refractivity contribution in [2.45, 2.75) is 6.92 Å². The summed E-state index contributed by atoms with van der Waals surface area (Å²) in [4.78, 5) is 30.0. The van der Waals surface area contributed by atoms with Gasteiger partial charge in [0.25, 0.3) is 11.6 Å². The molecule has 0 radical (unpaired) electrons. The first kappa shape index (κ1) is 25.7. The summed E-state index contributed by atoms with van der Waals surface area (Å²) >= 11 is 1.13. The van der Waals surface area contributed by atoms with E-state index in [0.717, 1.165) is 39.3 Å². The number of nitrogens with zero attached hydrogens (tertiary/aromatic N) is 2. The van der Waals surface area contributed by atoms with Crippen molar-refractivity contribution in [2.75, 3.05) is 25.3 Å². The van der Waals surface area contributed by atoms with E-state index in [1.54, 1.807) is 7.11 Å². The molecule has 0 atom stereocenters. The van der Waals surface area contributed by atoms with Crippen molar-refractivity contribution in [1.29, 1.82) is 0 Å². The SMILES string of the molecule is COc1ccc(-c2cc(-c3ccc(C)cc3)nc3sc(C(=O)Nc4ccc(OC)cc4[N+](=O)[O-])c(N)c23)cc1. The van der Waals surface area contributed by atoms with Crippen LogP contribution in [0.25, 0.3) is 32.6 Å². The van der Waals surface area contributed by atoms with Crippen LogP contribution >= 0.6 is 11.3 Å². The first-order valence-electron chi connectivity index (χ1n) is 11.9. The number of amides is 1. The van der Waals surface area contributed by atoms with Gasteiger partial charge in [0.1, 0.15) is 26.9 Å². The number of carbonyl (C=O) groups is 1. The molecule has 2 aromatic heterocycles. The fourth-order valence-electron chi connectivity index (χ4n) is 4.23. The zero-order valence-electron chi connectivity index (χ0n) is 21.3. The number of hydrogen-bond acceptors (Lipinski definition) is 8. The molecule has 3 aromatic carbocycles. The quantitative estimate of drug-likeness (QED) is 0.174. The van der Waals surface area contributed by atoms with Gasteiger partial charge in [-0.05, 0) is 48.4 Å². The molecular formula is C29H24N4O5S. The van der Waals surface area contributed by atoms with E-state index < -0.39 is 10.8 Å². The number of thiophene rings is 1. The number of benzene rings is 3. The van der Waals surface area contributed by atoms with Crippen molar-refractivity contribution in [1.82, 2.24) is 4.98 Å². The van der Waals surface area contributed by atoms with Gasteiger partial charge in [-0.1, -0.05) is 42.0 Å². The summed E-state index contributed by atoms with van der Waals surface area (Å²) in [6.45, 7) is 2.02. The van der Waals surface area contributed by atoms with Gasteiger partial charge in [-0.2, -0.15) is 0 Å². The smallest absolute Gasteiger partial charge is 0.296 e. The summed E-state index contributed by atoms with van der Waals surface area (Å²) in [7, 11) is 3.01. The Hall–Kier alpha value is -4.96. The van der Waals surface area contributed by atoms with Crippen LogP contribution in [0.15, 0.2) is 72.8 Å². The van der Waals surface area contributed by atoms with Crippen LogP contribution in [-0.4, -0.2) is 30.0 Å². The summed E-state index contributed by atoms with van der Waals surface area (Å²) in [5.74, 6) is 0.446. The molecule has 0 aliphatic carbocycles. The lowest BCUT2D eigenvalue weighted by Crippen LogP contribution is -2.13. The molecular weight excluding hydrogens is 516 g/mol. The van der Waals surface area contributed by atoms with Crippen molar-refractivity contribution < 1.29 is 19.2 Å². The van der Waals surface area contributed by atoms with Crippen LogP contribution in [0.1, 0.15) is 15.2 Å². The number of nitrogens with two attached hydrogens (primary N) is 1. The Kier molecular flexibility index (Phi) is 6.86. The number of nitrogen functional groups attached to an aromatic ring is 1. The lowest BCUT2D eigenvalue weighted by atomic mass is 9.99. The topological polar surface area (TPSA) is 130 Å². The number of anilines is 2. The highest BCUT2D eigenvalue weighted by atomic mass is 32.1. The van der Waals surface area contributed by atoms with Crippen molar-refractivity contribution >= 4 is 44.5 Å². The molecule has 0 aliphatic rings. The molecule has 0 saturated carbocycles. The van der Waals surface area contributed by atoms with Crippen LogP contribution in [0.3, 0.4) is 0 Å². The molecule has 5 aromatic rings. The van der Waals surface area contributed by atoms with Crippen molar-refractivity contribution in [3.05, 3.63) is 93.4 Å². The van der Waals surface area contributed by atoms with Crippen LogP contribution in [-0.2, 0) is 0 Å². The first-order chi connectivity index (χ1) is 18.8. The molecule has 196 valence electrons. The van der Waals surface area contributed by atoms with E-state index in [4.69, 9.17) is 20.2 Å². The minimum Gasteiger partial charge on any atom is -0.497 e. The van der Waals surface area contributed by atoms with E-state index in [1.807, 2.05) is 61.5 Å². The number of carbonyl (C=O) groups excluding carboxylic acids is 1. The number of rotatable bonds is 7. The predicted molar refractivity (Wildman–Crippen MR) is 154 cm³/mol. The average molecular weight is 541 g/mol. The molecule has 39 heavy (non-hydrogen) atoms. The zero-order valence-corrected chi connectivity index (χ0v) is 22.2. The third kappa shape index (κ3) is 4.97. The first-order valence-corrected chi connectivity index (χ1v) is 12.7. The zero-order chi connectivity index (χ0) is 27.7. The summed E-state index contributed by atoms with van der Waals surface area (Å²) in [5.41, 5.74) is 11.0. The van der Waals surface area contributed by atoms with Crippen LogP contribution in [0.2, 0.25) is 0 Å². The van der Waals surface area contributed by atoms with Crippen LogP contribution in [0.4, 0.5) is 17.1 Å². The number of nitro groups is 1. The normalized spacial score (nSPS) is 10.8. The van der Waals surface area contributed by atoms with Gasteiger partial charge in [0, 0.05) is 10.9 Å². The molecule has 9 nitrogen and oxygen atoms in total. The molecule has 3 N–H and O–H groups in total. The molecule has 2 heterocycles. The molecule has 5 rings (SSSR count). The van der Waals surface area contributed by atoms with Gasteiger partial charge in [-0.15, -0.1) is 11.3 Å². The Labute approximate surface area is 228 Å². The van der Waals surface area contributed by atoms with Gasteiger partial charge in [-0.3, -0.25) is 14.9 Å². The Morgan fingerprint density at radius 1 is 0.949 bits per heavy atom. The molecule has 0 aliphatic heterocycles. The highest BCUT2D eigenvalue weighted by Gasteiger charge is 2.24. The summed E-state index contributed by atoms with van der Waals surface area (Å²) in [6, 6.07) is 21.7. The van der Waals surface area contributed by atoms with Crippen molar-refractivity contribution in [3.63, 3.8) is 0 Å². The van der Waals surface area contributed by atoms with E-state index in [-0.39, 0.29) is 21.9 Å². The monoisotopic (exact) mass is 540 g/mol. The molecule has 0 spiro atoms.